The van der Waals surface area contributed by atoms with Crippen LogP contribution in [0, 0.1) is 19.7 Å². The molecule has 4 rings (SSSR count). The number of aryl methyl sites for hydroxylation is 2. The Bertz CT molecular complexity index is 1090. The first-order valence-corrected chi connectivity index (χ1v) is 10.0. The number of nitrogens with zero attached hydrogens (tertiary/aromatic N) is 2. The third-order valence-electron chi connectivity index (χ3n) is 4.60. The lowest BCUT2D eigenvalue weighted by Gasteiger charge is -2.13. The van der Waals surface area contributed by atoms with Crippen molar-refractivity contribution in [2.24, 2.45) is 0 Å². The van der Waals surface area contributed by atoms with Crippen molar-refractivity contribution in [2.45, 2.75) is 25.4 Å². The molecule has 1 amide bonds. The quantitative estimate of drug-likeness (QED) is 0.751. The molecule has 0 aliphatic carbocycles. The number of aromatic nitrogens is 2. The van der Waals surface area contributed by atoms with E-state index < -0.39 is 22.5 Å². The summed E-state index contributed by atoms with van der Waals surface area (Å²) < 4.78 is 27.6. The van der Waals surface area contributed by atoms with Crippen LogP contribution in [-0.4, -0.2) is 19.9 Å². The minimum Gasteiger partial charge on any atom is -0.306 e. The number of anilines is 1. The highest BCUT2D eigenvalue weighted by atomic mass is 32.2. The lowest BCUT2D eigenvalue weighted by molar-refractivity contribution is 0.102. The van der Waals surface area contributed by atoms with Crippen LogP contribution >= 0.6 is 0 Å². The Morgan fingerprint density at radius 1 is 1.19 bits per heavy atom. The van der Waals surface area contributed by atoms with E-state index in [1.165, 1.54) is 18.2 Å². The van der Waals surface area contributed by atoms with Gasteiger partial charge in [-0.25, -0.2) is 9.07 Å². The average Bonchev–Trinajstić information content (AvgIpc) is 3.12. The number of benzene rings is 2. The number of hydrogen-bond donors (Lipinski definition) is 1. The van der Waals surface area contributed by atoms with E-state index in [0.717, 1.165) is 22.4 Å². The van der Waals surface area contributed by atoms with E-state index in [-0.39, 0.29) is 5.56 Å². The molecule has 5 nitrogen and oxygen atoms in total. The van der Waals surface area contributed by atoms with E-state index in [1.54, 1.807) is 10.7 Å². The van der Waals surface area contributed by atoms with Gasteiger partial charge >= 0.3 is 0 Å². The lowest BCUT2D eigenvalue weighted by Crippen LogP contribution is -2.18. The first-order chi connectivity index (χ1) is 12.9. The maximum Gasteiger partial charge on any atom is 0.259 e. The molecule has 0 saturated carbocycles. The zero-order chi connectivity index (χ0) is 19.1. The highest BCUT2D eigenvalue weighted by Crippen LogP contribution is 2.32. The van der Waals surface area contributed by atoms with E-state index in [0.29, 0.717) is 23.0 Å². The number of carbonyl (C=O) groups is 1. The zero-order valence-corrected chi connectivity index (χ0v) is 15.8. The average molecular weight is 383 g/mol. The summed E-state index contributed by atoms with van der Waals surface area (Å²) in [6, 6.07) is 11.8. The fraction of sp³-hybridized carbons (Fsp3) is 0.200. The van der Waals surface area contributed by atoms with Crippen LogP contribution in [-0.2, 0) is 22.3 Å². The SMILES string of the molecule is Cc1ccc(-n2nc3c(c2NC(=O)c2ccccc2F)CS(=O)C3)c(C)c1. The molecule has 0 fully saturated rings. The Morgan fingerprint density at radius 3 is 2.70 bits per heavy atom. The van der Waals surface area contributed by atoms with Gasteiger partial charge in [0.2, 0.25) is 0 Å². The van der Waals surface area contributed by atoms with Crippen molar-refractivity contribution in [3.8, 4) is 5.69 Å². The fourth-order valence-electron chi connectivity index (χ4n) is 3.29. The van der Waals surface area contributed by atoms with Gasteiger partial charge in [0, 0.05) is 16.4 Å². The number of hydrogen-bond acceptors (Lipinski definition) is 3. The van der Waals surface area contributed by atoms with Crippen molar-refractivity contribution in [2.75, 3.05) is 5.32 Å². The molecular weight excluding hydrogens is 365 g/mol. The summed E-state index contributed by atoms with van der Waals surface area (Å²) in [6.45, 7) is 3.97. The van der Waals surface area contributed by atoms with Crippen LogP contribution < -0.4 is 5.32 Å². The molecule has 0 radical (unpaired) electrons. The minimum absolute atomic E-state index is 0.0428. The number of amides is 1. The van der Waals surface area contributed by atoms with Gasteiger partial charge in [-0.05, 0) is 37.6 Å². The summed E-state index contributed by atoms with van der Waals surface area (Å²) in [5.74, 6) is -0.00787. The second-order valence-corrected chi connectivity index (χ2v) is 8.10. The molecule has 27 heavy (non-hydrogen) atoms. The molecule has 1 atom stereocenters. The van der Waals surface area contributed by atoms with E-state index in [2.05, 4.69) is 10.4 Å². The number of carbonyl (C=O) groups excluding carboxylic acids is 1. The predicted octanol–water partition coefficient (Wildman–Crippen LogP) is 3.64. The summed E-state index contributed by atoms with van der Waals surface area (Å²) in [4.78, 5) is 12.7. The van der Waals surface area contributed by atoms with Crippen LogP contribution in [0.15, 0.2) is 42.5 Å². The van der Waals surface area contributed by atoms with Crippen molar-refractivity contribution in [1.29, 1.82) is 0 Å². The number of rotatable bonds is 3. The van der Waals surface area contributed by atoms with E-state index >= 15 is 0 Å². The van der Waals surface area contributed by atoms with Gasteiger partial charge < -0.3 is 5.32 Å². The molecule has 1 unspecified atom stereocenters. The molecule has 1 aromatic heterocycles. The standard InChI is InChI=1S/C20H18FN3O2S/c1-12-7-8-18(13(2)9-12)24-19(15-10-27(26)11-17(15)23-24)22-20(25)14-5-3-4-6-16(14)21/h3-9H,10-11H2,1-2H3,(H,22,25). The molecular formula is C20H18FN3O2S. The van der Waals surface area contributed by atoms with Gasteiger partial charge in [-0.15, -0.1) is 0 Å². The Kier molecular flexibility index (Phi) is 4.39. The van der Waals surface area contributed by atoms with Gasteiger partial charge in [-0.2, -0.15) is 5.10 Å². The minimum atomic E-state index is -1.04. The molecule has 2 aromatic carbocycles. The fourth-order valence-corrected chi connectivity index (χ4v) is 4.56. The summed E-state index contributed by atoms with van der Waals surface area (Å²) in [5.41, 5.74) is 4.35. The second kappa shape index (κ2) is 6.74. The van der Waals surface area contributed by atoms with Crippen molar-refractivity contribution >= 4 is 22.5 Å². The van der Waals surface area contributed by atoms with Gasteiger partial charge in [-0.1, -0.05) is 29.8 Å². The second-order valence-electron chi connectivity index (χ2n) is 6.64. The van der Waals surface area contributed by atoms with Crippen LogP contribution in [0.4, 0.5) is 10.2 Å². The van der Waals surface area contributed by atoms with Gasteiger partial charge in [0.15, 0.2) is 0 Å². The first-order valence-electron chi connectivity index (χ1n) is 8.53. The Labute approximate surface area is 158 Å². The molecule has 0 spiro atoms. The summed E-state index contributed by atoms with van der Waals surface area (Å²) in [7, 11) is -1.04. The third kappa shape index (κ3) is 3.19. The third-order valence-corrected chi connectivity index (χ3v) is 5.81. The van der Waals surface area contributed by atoms with Gasteiger partial charge in [0.1, 0.15) is 11.6 Å². The topological polar surface area (TPSA) is 64.0 Å². The van der Waals surface area contributed by atoms with Gasteiger partial charge in [0.25, 0.3) is 5.91 Å². The van der Waals surface area contributed by atoms with E-state index in [4.69, 9.17) is 0 Å². The van der Waals surface area contributed by atoms with Gasteiger partial charge in [-0.3, -0.25) is 9.00 Å². The monoisotopic (exact) mass is 383 g/mol. The molecule has 3 aromatic rings. The predicted molar refractivity (Wildman–Crippen MR) is 103 cm³/mol. The lowest BCUT2D eigenvalue weighted by atomic mass is 10.1. The van der Waals surface area contributed by atoms with Crippen LogP contribution in [0.5, 0.6) is 0 Å². The van der Waals surface area contributed by atoms with E-state index in [1.807, 2.05) is 32.0 Å². The Balaban J connectivity index is 1.80. The van der Waals surface area contributed by atoms with Crippen LogP contribution in [0.1, 0.15) is 32.7 Å². The van der Waals surface area contributed by atoms with Crippen LogP contribution in [0.3, 0.4) is 0 Å². The van der Waals surface area contributed by atoms with Gasteiger partial charge in [0.05, 0.1) is 28.5 Å². The first kappa shape index (κ1) is 17.6. The molecule has 1 aliphatic heterocycles. The zero-order valence-electron chi connectivity index (χ0n) is 15.0. The molecule has 0 bridgehead atoms. The van der Waals surface area contributed by atoms with E-state index in [9.17, 15) is 13.4 Å². The highest BCUT2D eigenvalue weighted by Gasteiger charge is 2.29. The van der Waals surface area contributed by atoms with Crippen LogP contribution in [0.25, 0.3) is 5.69 Å². The highest BCUT2D eigenvalue weighted by molar-refractivity contribution is 7.83. The molecule has 138 valence electrons. The molecule has 7 heteroatoms. The van der Waals surface area contributed by atoms with Crippen molar-refractivity contribution in [3.05, 3.63) is 76.2 Å². The Morgan fingerprint density at radius 2 is 1.96 bits per heavy atom. The smallest absolute Gasteiger partial charge is 0.259 e. The number of fused-ring (bicyclic) bond motifs is 1. The summed E-state index contributed by atoms with van der Waals surface area (Å²) in [6.07, 6.45) is 0. The normalized spacial score (nSPS) is 15.6. The maximum absolute atomic E-state index is 14.0. The van der Waals surface area contributed by atoms with Crippen LogP contribution in [0.2, 0.25) is 0 Å². The maximum atomic E-state index is 14.0. The Hall–Kier alpha value is -2.80. The van der Waals surface area contributed by atoms with Crippen molar-refractivity contribution in [1.82, 2.24) is 9.78 Å². The molecule has 1 aliphatic rings. The van der Waals surface area contributed by atoms with Crippen molar-refractivity contribution < 1.29 is 13.4 Å². The van der Waals surface area contributed by atoms with Crippen molar-refractivity contribution in [3.63, 3.8) is 0 Å². The largest absolute Gasteiger partial charge is 0.306 e. The number of nitrogens with one attached hydrogen (secondary N) is 1. The molecule has 1 N–H and O–H groups in total. The number of halogens is 1. The molecule has 2 heterocycles. The summed E-state index contributed by atoms with van der Waals surface area (Å²) >= 11 is 0. The summed E-state index contributed by atoms with van der Waals surface area (Å²) in [5, 5.41) is 7.38. The molecule has 0 saturated heterocycles.